The molecule has 1 heterocycles. The lowest BCUT2D eigenvalue weighted by Gasteiger charge is -2.07. The van der Waals surface area contributed by atoms with Gasteiger partial charge in [-0.2, -0.15) is 13.2 Å². The number of carbonyl (C=O) groups excluding carboxylic acids is 1. The number of nitrogens with zero attached hydrogens (tertiary/aromatic N) is 3. The van der Waals surface area contributed by atoms with E-state index in [1.807, 2.05) is 0 Å². The fourth-order valence-electron chi connectivity index (χ4n) is 0.793. The number of alkyl halides is 3. The first-order valence-electron chi connectivity index (χ1n) is 3.86. The van der Waals surface area contributed by atoms with Gasteiger partial charge in [-0.1, -0.05) is 5.21 Å². The lowest BCUT2D eigenvalue weighted by molar-refractivity contribution is -0.138. The van der Waals surface area contributed by atoms with Crippen molar-refractivity contribution in [3.8, 4) is 0 Å². The van der Waals surface area contributed by atoms with Crippen molar-refractivity contribution in [2.45, 2.75) is 12.7 Å². The number of nitrogens with one attached hydrogen (secondary N) is 1. The van der Waals surface area contributed by atoms with Gasteiger partial charge in [0.25, 0.3) is 0 Å². The highest BCUT2D eigenvalue weighted by Gasteiger charge is 2.27. The summed E-state index contributed by atoms with van der Waals surface area (Å²) in [5, 5.41) is 8.45. The Morgan fingerprint density at radius 3 is 2.73 bits per heavy atom. The molecule has 0 aliphatic rings. The molecule has 0 saturated carbocycles. The van der Waals surface area contributed by atoms with E-state index in [-0.39, 0.29) is 12.4 Å². The van der Waals surface area contributed by atoms with Gasteiger partial charge in [0.2, 0.25) is 5.91 Å². The molecule has 0 aliphatic heterocycles. The Labute approximate surface area is 82.2 Å². The molecule has 1 rings (SSSR count). The fourth-order valence-corrected chi connectivity index (χ4v) is 0.793. The first-order chi connectivity index (χ1) is 6.87. The number of nitrogen functional groups attached to an aromatic ring is 1. The van der Waals surface area contributed by atoms with E-state index in [0.717, 1.165) is 4.68 Å². The second-order valence-corrected chi connectivity index (χ2v) is 2.73. The summed E-state index contributed by atoms with van der Waals surface area (Å²) in [5.41, 5.74) is 5.19. The molecule has 1 aromatic rings. The predicted octanol–water partition coefficient (Wildman–Crippen LogP) is -0.461. The van der Waals surface area contributed by atoms with Crippen LogP contribution in [0.4, 0.5) is 19.0 Å². The van der Waals surface area contributed by atoms with E-state index in [1.165, 1.54) is 6.20 Å². The number of aromatic nitrogens is 3. The third-order valence-corrected chi connectivity index (χ3v) is 1.35. The van der Waals surface area contributed by atoms with Crippen molar-refractivity contribution in [1.82, 2.24) is 20.3 Å². The maximum absolute atomic E-state index is 11.7. The Hall–Kier alpha value is -1.80. The van der Waals surface area contributed by atoms with E-state index < -0.39 is 18.6 Å². The lowest BCUT2D eigenvalue weighted by Crippen LogP contribution is -2.35. The van der Waals surface area contributed by atoms with Crippen LogP contribution in [0, 0.1) is 0 Å². The van der Waals surface area contributed by atoms with Gasteiger partial charge < -0.3 is 11.1 Å². The standard InChI is InChI=1S/C6H8F3N5O/c7-6(8,9)3-11-5(15)2-14-1-4(10)12-13-14/h1H,2-3,10H2,(H,11,15). The number of hydrogen-bond acceptors (Lipinski definition) is 4. The van der Waals surface area contributed by atoms with Crippen LogP contribution in [0.2, 0.25) is 0 Å². The lowest BCUT2D eigenvalue weighted by atomic mass is 10.5. The molecule has 0 spiro atoms. The van der Waals surface area contributed by atoms with Gasteiger partial charge >= 0.3 is 6.18 Å². The van der Waals surface area contributed by atoms with E-state index in [2.05, 4.69) is 10.3 Å². The van der Waals surface area contributed by atoms with Gasteiger partial charge in [-0.25, -0.2) is 4.68 Å². The van der Waals surface area contributed by atoms with Crippen molar-refractivity contribution in [3.63, 3.8) is 0 Å². The van der Waals surface area contributed by atoms with Crippen molar-refractivity contribution in [2.24, 2.45) is 0 Å². The Bertz CT molecular complexity index is 347. The summed E-state index contributed by atoms with van der Waals surface area (Å²) in [6, 6.07) is 0. The largest absolute Gasteiger partial charge is 0.405 e. The van der Waals surface area contributed by atoms with Gasteiger partial charge in [0.05, 0.1) is 6.20 Å². The Kier molecular flexibility index (Phi) is 3.12. The average molecular weight is 223 g/mol. The number of carbonyl (C=O) groups is 1. The van der Waals surface area contributed by atoms with Gasteiger partial charge in [0.1, 0.15) is 13.1 Å². The van der Waals surface area contributed by atoms with E-state index in [4.69, 9.17) is 5.73 Å². The molecule has 6 nitrogen and oxygen atoms in total. The molecular formula is C6H8F3N5O. The highest BCUT2D eigenvalue weighted by molar-refractivity contribution is 5.75. The van der Waals surface area contributed by atoms with Gasteiger partial charge in [-0.05, 0) is 0 Å². The summed E-state index contributed by atoms with van der Waals surface area (Å²) in [6.07, 6.45) is -3.18. The molecule has 0 radical (unpaired) electrons. The summed E-state index contributed by atoms with van der Waals surface area (Å²) in [7, 11) is 0. The maximum Gasteiger partial charge on any atom is 0.405 e. The molecule has 0 bridgehead atoms. The van der Waals surface area contributed by atoms with Crippen LogP contribution >= 0.6 is 0 Å². The number of rotatable bonds is 3. The number of halogens is 3. The van der Waals surface area contributed by atoms with Crippen LogP contribution in [0.1, 0.15) is 0 Å². The molecule has 1 aromatic heterocycles. The van der Waals surface area contributed by atoms with Gasteiger partial charge in [-0.15, -0.1) is 5.10 Å². The van der Waals surface area contributed by atoms with E-state index in [9.17, 15) is 18.0 Å². The number of amides is 1. The predicted molar refractivity (Wildman–Crippen MR) is 43.5 cm³/mol. The first kappa shape index (κ1) is 11.3. The van der Waals surface area contributed by atoms with Crippen molar-refractivity contribution in [2.75, 3.05) is 12.3 Å². The zero-order chi connectivity index (χ0) is 11.5. The summed E-state index contributed by atoms with van der Waals surface area (Å²) in [6.45, 7) is -1.71. The van der Waals surface area contributed by atoms with Crippen molar-refractivity contribution >= 4 is 11.7 Å². The zero-order valence-corrected chi connectivity index (χ0v) is 7.45. The monoisotopic (exact) mass is 223 g/mol. The number of anilines is 1. The van der Waals surface area contributed by atoms with Gasteiger partial charge in [-0.3, -0.25) is 4.79 Å². The number of hydrogen-bond donors (Lipinski definition) is 2. The molecule has 15 heavy (non-hydrogen) atoms. The van der Waals surface area contributed by atoms with Crippen molar-refractivity contribution < 1.29 is 18.0 Å². The Balaban J connectivity index is 2.37. The third kappa shape index (κ3) is 4.29. The highest BCUT2D eigenvalue weighted by atomic mass is 19.4. The summed E-state index contributed by atoms with van der Waals surface area (Å²) in [5.74, 6) is -0.712. The zero-order valence-electron chi connectivity index (χ0n) is 7.45. The second kappa shape index (κ2) is 4.15. The van der Waals surface area contributed by atoms with Crippen LogP contribution in [0.5, 0.6) is 0 Å². The van der Waals surface area contributed by atoms with E-state index in [1.54, 1.807) is 5.32 Å². The summed E-state index contributed by atoms with van der Waals surface area (Å²) >= 11 is 0. The minimum Gasteiger partial charge on any atom is -0.381 e. The molecule has 0 aliphatic carbocycles. The van der Waals surface area contributed by atoms with Gasteiger partial charge in [0, 0.05) is 0 Å². The van der Waals surface area contributed by atoms with Crippen molar-refractivity contribution in [3.05, 3.63) is 6.20 Å². The average Bonchev–Trinajstić information content (AvgIpc) is 2.47. The van der Waals surface area contributed by atoms with E-state index >= 15 is 0 Å². The maximum atomic E-state index is 11.7. The third-order valence-electron chi connectivity index (χ3n) is 1.35. The van der Waals surface area contributed by atoms with Crippen molar-refractivity contribution in [1.29, 1.82) is 0 Å². The quantitative estimate of drug-likeness (QED) is 0.725. The van der Waals surface area contributed by atoms with Gasteiger partial charge in [0.15, 0.2) is 5.82 Å². The topological polar surface area (TPSA) is 85.8 Å². The smallest absolute Gasteiger partial charge is 0.381 e. The minimum absolute atomic E-state index is 0.0959. The summed E-state index contributed by atoms with van der Waals surface area (Å²) < 4.78 is 36.1. The molecule has 9 heteroatoms. The van der Waals surface area contributed by atoms with Crippen LogP contribution in [0.25, 0.3) is 0 Å². The van der Waals surface area contributed by atoms with Crippen LogP contribution in [0.15, 0.2) is 6.20 Å². The SMILES string of the molecule is Nc1cn(CC(=O)NCC(F)(F)F)nn1. The molecule has 3 N–H and O–H groups in total. The fraction of sp³-hybridized carbons (Fsp3) is 0.500. The van der Waals surface area contributed by atoms with Crippen LogP contribution in [0.3, 0.4) is 0 Å². The molecular weight excluding hydrogens is 215 g/mol. The molecule has 0 aromatic carbocycles. The molecule has 1 amide bonds. The molecule has 0 saturated heterocycles. The normalized spacial score (nSPS) is 11.4. The molecule has 0 fully saturated rings. The molecule has 0 atom stereocenters. The van der Waals surface area contributed by atoms with Crippen LogP contribution in [-0.4, -0.2) is 33.6 Å². The van der Waals surface area contributed by atoms with Crippen LogP contribution < -0.4 is 11.1 Å². The molecule has 0 unspecified atom stereocenters. The minimum atomic E-state index is -4.42. The van der Waals surface area contributed by atoms with Crippen LogP contribution in [-0.2, 0) is 11.3 Å². The highest BCUT2D eigenvalue weighted by Crippen LogP contribution is 2.11. The van der Waals surface area contributed by atoms with E-state index in [0.29, 0.717) is 0 Å². The Morgan fingerprint density at radius 2 is 2.27 bits per heavy atom. The Morgan fingerprint density at radius 1 is 1.60 bits per heavy atom. The first-order valence-corrected chi connectivity index (χ1v) is 3.86. The second-order valence-electron chi connectivity index (χ2n) is 2.73. The number of nitrogens with two attached hydrogens (primary N) is 1. The summed E-state index contributed by atoms with van der Waals surface area (Å²) in [4.78, 5) is 10.9. The molecule has 84 valence electrons.